The molecule has 0 fully saturated rings. The zero-order chi connectivity index (χ0) is 15.0. The van der Waals surface area contributed by atoms with Gasteiger partial charge >= 0.3 is 6.18 Å². The van der Waals surface area contributed by atoms with E-state index in [9.17, 15) is 13.2 Å². The smallest absolute Gasteiger partial charge is 0.316 e. The number of rotatable bonds is 7. The summed E-state index contributed by atoms with van der Waals surface area (Å²) in [4.78, 5) is 0. The van der Waals surface area contributed by atoms with Crippen LogP contribution in [0.3, 0.4) is 0 Å². The van der Waals surface area contributed by atoms with Gasteiger partial charge in [-0.2, -0.15) is 13.2 Å². The van der Waals surface area contributed by atoms with E-state index < -0.39 is 11.7 Å². The third-order valence-electron chi connectivity index (χ3n) is 2.81. The van der Waals surface area contributed by atoms with Crippen LogP contribution in [0.5, 0.6) is 0 Å². The lowest BCUT2D eigenvalue weighted by atomic mass is 10.1. The third kappa shape index (κ3) is 6.75. The Kier molecular flexibility index (Phi) is 6.79. The molecule has 1 aromatic rings. The molecule has 4 heteroatoms. The molecule has 0 unspecified atom stereocenters. The Labute approximate surface area is 118 Å². The summed E-state index contributed by atoms with van der Waals surface area (Å²) in [6.45, 7) is 6.19. The molecule has 0 atom stereocenters. The standard InChI is InChI=1S/C16H22F3N/c1-13(2)12-20-10-5-3-4-7-14-8-6-9-15(11-14)16(17,18)19/h3-4,6,8-9,11,13,20H,5,7,10,12H2,1-2H3. The maximum Gasteiger partial charge on any atom is 0.416 e. The summed E-state index contributed by atoms with van der Waals surface area (Å²) >= 11 is 0. The molecule has 1 aromatic carbocycles. The van der Waals surface area contributed by atoms with Crippen LogP contribution in [0, 0.1) is 5.92 Å². The Hall–Kier alpha value is -1.29. The van der Waals surface area contributed by atoms with Crippen LogP contribution in [0.15, 0.2) is 36.4 Å². The van der Waals surface area contributed by atoms with Crippen molar-refractivity contribution in [2.24, 2.45) is 5.92 Å². The van der Waals surface area contributed by atoms with Crippen LogP contribution in [0.4, 0.5) is 13.2 Å². The summed E-state index contributed by atoms with van der Waals surface area (Å²) in [5.74, 6) is 0.629. The van der Waals surface area contributed by atoms with Gasteiger partial charge in [0.05, 0.1) is 5.56 Å². The summed E-state index contributed by atoms with van der Waals surface area (Å²) < 4.78 is 37.6. The molecular formula is C16H22F3N. The highest BCUT2D eigenvalue weighted by atomic mass is 19.4. The van der Waals surface area contributed by atoms with E-state index in [0.29, 0.717) is 17.9 Å². The van der Waals surface area contributed by atoms with Crippen LogP contribution in [0.2, 0.25) is 0 Å². The van der Waals surface area contributed by atoms with E-state index in [1.807, 2.05) is 12.2 Å². The van der Waals surface area contributed by atoms with E-state index in [1.54, 1.807) is 6.07 Å². The lowest BCUT2D eigenvalue weighted by Crippen LogP contribution is -2.20. The van der Waals surface area contributed by atoms with Crippen molar-refractivity contribution in [3.8, 4) is 0 Å². The van der Waals surface area contributed by atoms with Crippen LogP contribution < -0.4 is 5.32 Å². The van der Waals surface area contributed by atoms with Gasteiger partial charge in [-0.1, -0.05) is 44.2 Å². The van der Waals surface area contributed by atoms with Crippen molar-refractivity contribution >= 4 is 0 Å². The monoisotopic (exact) mass is 285 g/mol. The van der Waals surface area contributed by atoms with Crippen molar-refractivity contribution in [2.45, 2.75) is 32.9 Å². The highest BCUT2D eigenvalue weighted by Crippen LogP contribution is 2.29. The van der Waals surface area contributed by atoms with E-state index >= 15 is 0 Å². The van der Waals surface area contributed by atoms with Gasteiger partial charge in [0.1, 0.15) is 0 Å². The molecule has 0 aliphatic heterocycles. The third-order valence-corrected chi connectivity index (χ3v) is 2.81. The van der Waals surface area contributed by atoms with Crippen molar-refractivity contribution in [1.29, 1.82) is 0 Å². The first-order valence-corrected chi connectivity index (χ1v) is 6.91. The Morgan fingerprint density at radius 2 is 1.95 bits per heavy atom. The van der Waals surface area contributed by atoms with E-state index in [2.05, 4.69) is 19.2 Å². The second-order valence-corrected chi connectivity index (χ2v) is 5.26. The molecule has 20 heavy (non-hydrogen) atoms. The number of hydrogen-bond acceptors (Lipinski definition) is 1. The van der Waals surface area contributed by atoms with Gasteiger partial charge in [-0.25, -0.2) is 0 Å². The van der Waals surface area contributed by atoms with E-state index in [0.717, 1.165) is 25.6 Å². The fraction of sp³-hybridized carbons (Fsp3) is 0.500. The summed E-state index contributed by atoms with van der Waals surface area (Å²) in [7, 11) is 0. The first-order chi connectivity index (χ1) is 9.39. The molecule has 0 spiro atoms. The van der Waals surface area contributed by atoms with Gasteiger partial charge < -0.3 is 5.32 Å². The number of hydrogen-bond donors (Lipinski definition) is 1. The van der Waals surface area contributed by atoms with Crippen LogP contribution in [0.1, 0.15) is 31.4 Å². The molecule has 0 aliphatic carbocycles. The molecule has 0 aromatic heterocycles. The van der Waals surface area contributed by atoms with Crippen LogP contribution in [-0.2, 0) is 12.6 Å². The van der Waals surface area contributed by atoms with Gasteiger partial charge in [-0.15, -0.1) is 0 Å². The van der Waals surface area contributed by atoms with Crippen LogP contribution >= 0.6 is 0 Å². The van der Waals surface area contributed by atoms with Crippen molar-refractivity contribution in [3.05, 3.63) is 47.5 Å². The number of alkyl halides is 3. The van der Waals surface area contributed by atoms with Gasteiger partial charge in [0.25, 0.3) is 0 Å². The zero-order valence-electron chi connectivity index (χ0n) is 12.0. The Balaban J connectivity index is 2.35. The number of allylic oxidation sites excluding steroid dienone is 1. The molecule has 1 N–H and O–H groups in total. The molecule has 1 nitrogen and oxygen atoms in total. The minimum Gasteiger partial charge on any atom is -0.316 e. The topological polar surface area (TPSA) is 12.0 Å². The summed E-state index contributed by atoms with van der Waals surface area (Å²) in [5, 5.41) is 3.31. The number of nitrogens with one attached hydrogen (secondary N) is 1. The fourth-order valence-electron chi connectivity index (χ4n) is 1.79. The van der Waals surface area contributed by atoms with Crippen molar-refractivity contribution in [3.63, 3.8) is 0 Å². The molecule has 0 bridgehead atoms. The van der Waals surface area contributed by atoms with E-state index in [1.165, 1.54) is 12.1 Å². The van der Waals surface area contributed by atoms with Crippen molar-refractivity contribution < 1.29 is 13.2 Å². The minimum atomic E-state index is -4.26. The second-order valence-electron chi connectivity index (χ2n) is 5.26. The second kappa shape index (κ2) is 8.10. The Morgan fingerprint density at radius 3 is 2.60 bits per heavy atom. The summed E-state index contributed by atoms with van der Waals surface area (Å²) in [6.07, 6.45) is 1.10. The average molecular weight is 285 g/mol. The first kappa shape index (κ1) is 16.8. The summed E-state index contributed by atoms with van der Waals surface area (Å²) in [5.41, 5.74) is 0.105. The highest BCUT2D eigenvalue weighted by molar-refractivity contribution is 5.27. The molecule has 0 heterocycles. The molecular weight excluding hydrogens is 263 g/mol. The van der Waals surface area contributed by atoms with Gasteiger partial charge in [0.15, 0.2) is 0 Å². The fourth-order valence-corrected chi connectivity index (χ4v) is 1.79. The van der Waals surface area contributed by atoms with Crippen LogP contribution in [0.25, 0.3) is 0 Å². The molecule has 112 valence electrons. The number of halogens is 3. The quantitative estimate of drug-likeness (QED) is 0.577. The molecule has 0 radical (unpaired) electrons. The van der Waals surface area contributed by atoms with Gasteiger partial charge in [-0.3, -0.25) is 0 Å². The normalized spacial score (nSPS) is 12.5. The SMILES string of the molecule is CC(C)CNCCC=CCc1cccc(C(F)(F)F)c1. The molecule has 1 rings (SSSR count). The number of benzene rings is 1. The van der Waals surface area contributed by atoms with Gasteiger partial charge in [0.2, 0.25) is 0 Å². The molecule has 0 aliphatic rings. The van der Waals surface area contributed by atoms with Gasteiger partial charge in [0, 0.05) is 0 Å². The predicted octanol–water partition coefficient (Wildman–Crippen LogP) is 4.44. The average Bonchev–Trinajstić information content (AvgIpc) is 2.36. The van der Waals surface area contributed by atoms with Crippen molar-refractivity contribution in [1.82, 2.24) is 5.32 Å². The van der Waals surface area contributed by atoms with Crippen LogP contribution in [-0.4, -0.2) is 13.1 Å². The first-order valence-electron chi connectivity index (χ1n) is 6.91. The van der Waals surface area contributed by atoms with E-state index in [-0.39, 0.29) is 0 Å². The molecule has 0 amide bonds. The predicted molar refractivity (Wildman–Crippen MR) is 76.6 cm³/mol. The lowest BCUT2D eigenvalue weighted by molar-refractivity contribution is -0.137. The Bertz CT molecular complexity index is 422. The van der Waals surface area contributed by atoms with E-state index in [4.69, 9.17) is 0 Å². The lowest BCUT2D eigenvalue weighted by Gasteiger charge is -2.07. The maximum atomic E-state index is 12.5. The largest absolute Gasteiger partial charge is 0.416 e. The van der Waals surface area contributed by atoms with Gasteiger partial charge in [-0.05, 0) is 43.5 Å². The zero-order valence-corrected chi connectivity index (χ0v) is 12.0. The molecule has 0 saturated carbocycles. The minimum absolute atomic E-state index is 0.536. The summed E-state index contributed by atoms with van der Waals surface area (Å²) in [6, 6.07) is 5.48. The maximum absolute atomic E-state index is 12.5. The van der Waals surface area contributed by atoms with Crippen molar-refractivity contribution in [2.75, 3.05) is 13.1 Å². The Morgan fingerprint density at radius 1 is 1.20 bits per heavy atom. The molecule has 0 saturated heterocycles. The highest BCUT2D eigenvalue weighted by Gasteiger charge is 2.30.